The number of hydrogen-bond donors (Lipinski definition) is 0. The summed E-state index contributed by atoms with van der Waals surface area (Å²) in [5.41, 5.74) is 9.14. The standard InChI is InChI=1S/C39H37N2/c1-38(2)32-24-29-17-9-10-18-30(29)25-34(32)41(5)35(38)20-13-21-36-39(3,26-27-14-7-6-8-15-27)37-31-19-12-11-16-28(31)22-23-33(37)40(36)4/h6-25H,26H2,1-5H3/q+1. The zero-order valence-corrected chi connectivity index (χ0v) is 24.6. The third kappa shape index (κ3) is 3.89. The lowest BCUT2D eigenvalue weighted by atomic mass is 9.74. The van der Waals surface area contributed by atoms with Crippen LogP contribution in [-0.2, 0) is 17.3 Å². The van der Waals surface area contributed by atoms with Gasteiger partial charge in [-0.2, -0.15) is 4.58 Å². The predicted octanol–water partition coefficient (Wildman–Crippen LogP) is 9.09. The molecule has 0 radical (unpaired) electrons. The first-order valence-electron chi connectivity index (χ1n) is 14.6. The maximum absolute atomic E-state index is 2.43. The van der Waals surface area contributed by atoms with Gasteiger partial charge in [0.1, 0.15) is 7.05 Å². The van der Waals surface area contributed by atoms with Crippen molar-refractivity contribution in [2.45, 2.75) is 38.0 Å². The second-order valence-corrected chi connectivity index (χ2v) is 12.4. The van der Waals surface area contributed by atoms with Gasteiger partial charge in [0.25, 0.3) is 0 Å². The third-order valence-corrected chi connectivity index (χ3v) is 9.56. The Morgan fingerprint density at radius 2 is 1.41 bits per heavy atom. The molecule has 2 heteroatoms. The molecule has 0 N–H and O–H groups in total. The molecule has 0 bridgehead atoms. The van der Waals surface area contributed by atoms with Gasteiger partial charge in [-0.25, -0.2) is 0 Å². The van der Waals surface area contributed by atoms with Crippen LogP contribution in [0.2, 0.25) is 0 Å². The number of fused-ring (bicyclic) bond motifs is 5. The zero-order valence-electron chi connectivity index (χ0n) is 24.6. The Balaban J connectivity index is 1.34. The monoisotopic (exact) mass is 533 g/mol. The van der Waals surface area contributed by atoms with Gasteiger partial charge < -0.3 is 4.90 Å². The molecule has 2 heterocycles. The molecule has 0 saturated heterocycles. The lowest BCUT2D eigenvalue weighted by Gasteiger charge is -2.29. The molecule has 0 amide bonds. The zero-order chi connectivity index (χ0) is 28.4. The number of hydrogen-bond acceptors (Lipinski definition) is 1. The number of benzene rings is 5. The van der Waals surface area contributed by atoms with E-state index in [4.69, 9.17) is 0 Å². The highest BCUT2D eigenvalue weighted by Gasteiger charge is 2.44. The fourth-order valence-corrected chi connectivity index (χ4v) is 7.47. The van der Waals surface area contributed by atoms with Crippen molar-refractivity contribution in [3.8, 4) is 0 Å². The minimum Gasteiger partial charge on any atom is -0.347 e. The van der Waals surface area contributed by atoms with E-state index >= 15 is 0 Å². The highest BCUT2D eigenvalue weighted by molar-refractivity contribution is 6.05. The van der Waals surface area contributed by atoms with E-state index in [2.05, 4.69) is 166 Å². The molecule has 1 atom stereocenters. The van der Waals surface area contributed by atoms with Gasteiger partial charge in [-0.05, 0) is 78.1 Å². The average Bonchev–Trinajstić information content (AvgIpc) is 3.31. The first kappa shape index (κ1) is 25.5. The van der Waals surface area contributed by atoms with Crippen LogP contribution < -0.4 is 4.90 Å². The quantitative estimate of drug-likeness (QED) is 0.209. The van der Waals surface area contributed by atoms with Crippen LogP contribution in [-0.4, -0.2) is 24.4 Å². The van der Waals surface area contributed by atoms with Crippen LogP contribution in [0.3, 0.4) is 0 Å². The van der Waals surface area contributed by atoms with Gasteiger partial charge in [0.05, 0.1) is 5.41 Å². The second kappa shape index (κ2) is 9.31. The average molecular weight is 534 g/mol. The fraction of sp³-hybridized carbons (Fsp3) is 0.205. The summed E-state index contributed by atoms with van der Waals surface area (Å²) in [7, 11) is 4.43. The number of anilines is 1. The van der Waals surface area contributed by atoms with E-state index in [1.807, 2.05) is 0 Å². The van der Waals surface area contributed by atoms with E-state index in [0.29, 0.717) is 0 Å². The van der Waals surface area contributed by atoms with E-state index in [1.54, 1.807) is 0 Å². The number of rotatable bonds is 4. The first-order chi connectivity index (χ1) is 19.8. The molecule has 41 heavy (non-hydrogen) atoms. The van der Waals surface area contributed by atoms with Crippen molar-refractivity contribution >= 4 is 38.6 Å². The van der Waals surface area contributed by atoms with Crippen LogP contribution in [0.1, 0.15) is 37.5 Å². The largest absolute Gasteiger partial charge is 0.347 e. The normalized spacial score (nSPS) is 20.5. The Bertz CT molecular complexity index is 1920. The van der Waals surface area contributed by atoms with Gasteiger partial charge in [-0.1, -0.05) is 91.0 Å². The lowest BCUT2D eigenvalue weighted by Crippen LogP contribution is -2.29. The molecule has 0 aliphatic carbocycles. The summed E-state index contributed by atoms with van der Waals surface area (Å²) in [5.74, 6) is 0. The van der Waals surface area contributed by atoms with Gasteiger partial charge in [-0.3, -0.25) is 0 Å². The molecule has 2 aliphatic heterocycles. The van der Waals surface area contributed by atoms with Gasteiger partial charge in [-0.15, -0.1) is 0 Å². The summed E-state index contributed by atoms with van der Waals surface area (Å²) in [5, 5.41) is 5.23. The van der Waals surface area contributed by atoms with E-state index in [-0.39, 0.29) is 10.8 Å². The van der Waals surface area contributed by atoms with Crippen LogP contribution in [0.25, 0.3) is 21.5 Å². The molecule has 2 aliphatic rings. The molecule has 7 rings (SSSR count). The summed E-state index contributed by atoms with van der Waals surface area (Å²) in [4.78, 5) is 2.41. The molecular formula is C39H37N2+. The van der Waals surface area contributed by atoms with Crippen LogP contribution in [0.5, 0.6) is 0 Å². The molecule has 0 fully saturated rings. The summed E-state index contributed by atoms with van der Waals surface area (Å²) in [6, 6.07) is 37.7. The number of likely N-dealkylation sites (N-methyl/N-ethyl adjacent to an activating group) is 1. The van der Waals surface area contributed by atoms with E-state index in [0.717, 1.165) is 6.42 Å². The minimum absolute atomic E-state index is 0.0861. The maximum Gasteiger partial charge on any atom is 0.210 e. The molecule has 5 aromatic carbocycles. The Morgan fingerprint density at radius 3 is 2.17 bits per heavy atom. The molecular weight excluding hydrogens is 496 g/mol. The van der Waals surface area contributed by atoms with Crippen molar-refractivity contribution in [3.63, 3.8) is 0 Å². The van der Waals surface area contributed by atoms with E-state index in [1.165, 1.54) is 61.0 Å². The SMILES string of the molecule is CN1C(=CC=CC2=[N+](C)c3cc4ccccc4cc3C2(C)C)C(C)(Cc2ccccc2)c2c1ccc1ccccc21. The summed E-state index contributed by atoms with van der Waals surface area (Å²) < 4.78 is 2.38. The Labute approximate surface area is 243 Å². The smallest absolute Gasteiger partial charge is 0.210 e. The third-order valence-electron chi connectivity index (χ3n) is 9.56. The van der Waals surface area contributed by atoms with Crippen LogP contribution in [0.4, 0.5) is 11.4 Å². The van der Waals surface area contributed by atoms with Gasteiger partial charge in [0.15, 0.2) is 5.71 Å². The molecule has 0 aromatic heterocycles. The summed E-state index contributed by atoms with van der Waals surface area (Å²) >= 11 is 0. The Hall–Kier alpha value is -4.43. The highest BCUT2D eigenvalue weighted by atomic mass is 15.2. The van der Waals surface area contributed by atoms with Crippen molar-refractivity contribution in [2.75, 3.05) is 19.0 Å². The fourth-order valence-electron chi connectivity index (χ4n) is 7.47. The predicted molar refractivity (Wildman–Crippen MR) is 175 cm³/mol. The summed E-state index contributed by atoms with van der Waals surface area (Å²) in [6.45, 7) is 7.12. The van der Waals surface area contributed by atoms with Crippen molar-refractivity contribution in [1.82, 2.24) is 0 Å². The van der Waals surface area contributed by atoms with Crippen molar-refractivity contribution in [1.29, 1.82) is 0 Å². The second-order valence-electron chi connectivity index (χ2n) is 12.4. The van der Waals surface area contributed by atoms with E-state index in [9.17, 15) is 0 Å². The highest BCUT2D eigenvalue weighted by Crippen LogP contribution is 2.52. The van der Waals surface area contributed by atoms with Crippen molar-refractivity contribution in [3.05, 3.63) is 144 Å². The Morgan fingerprint density at radius 1 is 0.756 bits per heavy atom. The van der Waals surface area contributed by atoms with Crippen LogP contribution in [0, 0.1) is 0 Å². The molecule has 1 unspecified atom stereocenters. The summed E-state index contributed by atoms with van der Waals surface area (Å²) in [6.07, 6.45) is 7.91. The molecule has 2 nitrogen and oxygen atoms in total. The lowest BCUT2D eigenvalue weighted by molar-refractivity contribution is -0.401. The first-order valence-corrected chi connectivity index (χ1v) is 14.6. The number of allylic oxidation sites excluding steroid dienone is 4. The minimum atomic E-state index is -0.168. The van der Waals surface area contributed by atoms with Crippen molar-refractivity contribution < 1.29 is 4.58 Å². The molecule has 5 aromatic rings. The van der Waals surface area contributed by atoms with E-state index < -0.39 is 0 Å². The van der Waals surface area contributed by atoms with Crippen LogP contribution in [0.15, 0.2) is 127 Å². The molecule has 0 saturated carbocycles. The molecule has 202 valence electrons. The number of nitrogens with zero attached hydrogens (tertiary/aromatic N) is 2. The van der Waals surface area contributed by atoms with Gasteiger partial charge in [0, 0.05) is 41.6 Å². The van der Waals surface area contributed by atoms with Crippen molar-refractivity contribution in [2.24, 2.45) is 0 Å². The van der Waals surface area contributed by atoms with Gasteiger partial charge >= 0.3 is 0 Å². The topological polar surface area (TPSA) is 6.25 Å². The maximum atomic E-state index is 2.43. The van der Waals surface area contributed by atoms with Gasteiger partial charge in [0.2, 0.25) is 5.69 Å². The molecule has 0 spiro atoms. The Kier molecular flexibility index (Phi) is 5.80. The van der Waals surface area contributed by atoms with Crippen LogP contribution >= 0.6 is 0 Å².